The van der Waals surface area contributed by atoms with Crippen LogP contribution in [0.3, 0.4) is 0 Å². The number of allylic oxidation sites excluding steroid dienone is 2. The highest BCUT2D eigenvalue weighted by atomic mass is 32.2. The molecule has 0 aliphatic rings. The van der Waals surface area contributed by atoms with E-state index in [1.165, 1.54) is 97.6 Å². The number of hydrogen-bond acceptors (Lipinski definition) is 1. The molecule has 0 saturated heterocycles. The Kier molecular flexibility index (Phi) is 14.2. The highest BCUT2D eigenvalue weighted by molar-refractivity contribution is 7.99. The Morgan fingerprint density at radius 2 is 1.09 bits per heavy atom. The molecule has 0 aliphatic carbocycles. The predicted molar refractivity (Wildman–Crippen MR) is 161 cm³/mol. The summed E-state index contributed by atoms with van der Waals surface area (Å²) in [5, 5.41) is 0.835. The van der Waals surface area contributed by atoms with E-state index in [2.05, 4.69) is 101 Å². The maximum Gasteiger partial charge on any atom is 0.0340 e. The number of rotatable bonds is 18. The zero-order chi connectivity index (χ0) is 25.5. The van der Waals surface area contributed by atoms with Crippen LogP contribution in [0.2, 0.25) is 0 Å². The van der Waals surface area contributed by atoms with Gasteiger partial charge in [-0.2, -0.15) is 0 Å². The average molecular weight is 491 g/mol. The van der Waals surface area contributed by atoms with Crippen LogP contribution in [-0.4, -0.2) is 0 Å². The van der Waals surface area contributed by atoms with Crippen molar-refractivity contribution in [2.24, 2.45) is 0 Å². The number of unbranched alkanes of at least 4 members (excludes halogenated alkanes) is 6. The monoisotopic (exact) mass is 490 g/mol. The highest BCUT2D eigenvalue weighted by Gasteiger charge is 2.21. The van der Waals surface area contributed by atoms with Gasteiger partial charge in [-0.15, -0.1) is 24.9 Å². The Bertz CT molecular complexity index is 819. The van der Waals surface area contributed by atoms with Crippen LogP contribution in [0.4, 0.5) is 0 Å². The van der Waals surface area contributed by atoms with E-state index in [4.69, 9.17) is 0 Å². The first-order valence-electron chi connectivity index (χ1n) is 14.0. The molecule has 35 heavy (non-hydrogen) atoms. The Morgan fingerprint density at radius 3 is 1.46 bits per heavy atom. The molecular formula is C34H50S. The van der Waals surface area contributed by atoms with Crippen LogP contribution in [0.1, 0.15) is 125 Å². The van der Waals surface area contributed by atoms with Crippen LogP contribution in [-0.2, 0) is 12.8 Å². The van der Waals surface area contributed by atoms with Gasteiger partial charge in [-0.3, -0.25) is 0 Å². The molecule has 2 atom stereocenters. The summed E-state index contributed by atoms with van der Waals surface area (Å²) in [5.41, 5.74) is 8.39. The van der Waals surface area contributed by atoms with E-state index < -0.39 is 0 Å². The Hall–Kier alpha value is -1.73. The summed E-state index contributed by atoms with van der Waals surface area (Å²) in [6.07, 6.45) is 14.9. The molecule has 2 rings (SSSR count). The van der Waals surface area contributed by atoms with Crippen LogP contribution < -0.4 is 0 Å². The maximum atomic E-state index is 4.29. The fourth-order valence-corrected chi connectivity index (χ4v) is 6.50. The average Bonchev–Trinajstić information content (AvgIpc) is 2.83. The molecule has 0 heterocycles. The Balaban J connectivity index is 2.22. The minimum atomic E-state index is 0.417. The zero-order valence-electron chi connectivity index (χ0n) is 23.1. The van der Waals surface area contributed by atoms with Crippen molar-refractivity contribution >= 4 is 11.8 Å². The van der Waals surface area contributed by atoms with Crippen LogP contribution >= 0.6 is 11.8 Å². The van der Waals surface area contributed by atoms with E-state index in [0.717, 1.165) is 12.8 Å². The first kappa shape index (κ1) is 29.5. The first-order valence-corrected chi connectivity index (χ1v) is 15.0. The van der Waals surface area contributed by atoms with Gasteiger partial charge in [0.1, 0.15) is 0 Å². The van der Waals surface area contributed by atoms with Gasteiger partial charge in [0.2, 0.25) is 0 Å². The second kappa shape index (κ2) is 16.9. The molecule has 0 saturated carbocycles. The third-order valence-electron chi connectivity index (χ3n) is 6.68. The highest BCUT2D eigenvalue weighted by Crippen LogP contribution is 2.46. The predicted octanol–water partition coefficient (Wildman–Crippen LogP) is 11.4. The molecule has 0 nitrogen and oxygen atoms in total. The van der Waals surface area contributed by atoms with E-state index in [1.807, 2.05) is 0 Å². The van der Waals surface area contributed by atoms with Crippen molar-refractivity contribution in [1.82, 2.24) is 0 Å². The molecule has 0 spiro atoms. The van der Waals surface area contributed by atoms with Crippen LogP contribution in [0.5, 0.6) is 0 Å². The Morgan fingerprint density at radius 1 is 0.657 bits per heavy atom. The quantitative estimate of drug-likeness (QED) is 0.148. The molecule has 0 fully saturated rings. The molecule has 0 N–H and O–H groups in total. The smallest absolute Gasteiger partial charge is 0.0340 e. The lowest BCUT2D eigenvalue weighted by Gasteiger charge is -2.25. The number of aryl methyl sites for hydroxylation is 2. The zero-order valence-corrected chi connectivity index (χ0v) is 23.9. The van der Waals surface area contributed by atoms with Gasteiger partial charge in [-0.25, -0.2) is 0 Å². The molecule has 2 aromatic carbocycles. The van der Waals surface area contributed by atoms with Gasteiger partial charge in [0.15, 0.2) is 0 Å². The first-order chi connectivity index (χ1) is 16.9. The van der Waals surface area contributed by atoms with Crippen LogP contribution in [0.25, 0.3) is 0 Å². The van der Waals surface area contributed by atoms with Crippen molar-refractivity contribution in [3.05, 3.63) is 95.1 Å². The SMILES string of the molecule is C=C(C)CC(SC(CC(=C)C)c1cccc(CCCCCC)c1)c1cccc(CCCCCC)c1. The number of benzene rings is 2. The molecule has 0 aliphatic heterocycles. The van der Waals surface area contributed by atoms with Gasteiger partial charge in [0, 0.05) is 10.5 Å². The molecule has 0 amide bonds. The summed E-state index contributed by atoms with van der Waals surface area (Å²) in [7, 11) is 0. The van der Waals surface area contributed by atoms with Gasteiger partial charge in [0.05, 0.1) is 0 Å². The van der Waals surface area contributed by atoms with Crippen molar-refractivity contribution in [2.45, 2.75) is 115 Å². The van der Waals surface area contributed by atoms with Gasteiger partial charge in [0.25, 0.3) is 0 Å². The molecular weight excluding hydrogens is 440 g/mol. The summed E-state index contributed by atoms with van der Waals surface area (Å²) in [5.74, 6) is 0. The van der Waals surface area contributed by atoms with Crippen molar-refractivity contribution in [3.63, 3.8) is 0 Å². The second-order valence-corrected chi connectivity index (χ2v) is 12.0. The van der Waals surface area contributed by atoms with E-state index in [0.29, 0.717) is 10.5 Å². The fraction of sp³-hybridized carbons (Fsp3) is 0.529. The lowest BCUT2D eigenvalue weighted by Crippen LogP contribution is -2.03. The number of thioether (sulfide) groups is 1. The van der Waals surface area contributed by atoms with Crippen molar-refractivity contribution < 1.29 is 0 Å². The van der Waals surface area contributed by atoms with Gasteiger partial charge >= 0.3 is 0 Å². The molecule has 0 bridgehead atoms. The molecule has 0 radical (unpaired) electrons. The fourth-order valence-electron chi connectivity index (χ4n) is 4.73. The second-order valence-electron chi connectivity index (χ2n) is 10.5. The summed E-state index contributed by atoms with van der Waals surface area (Å²) in [6.45, 7) is 17.5. The standard InChI is InChI=1S/C34H50S/c1-7-9-11-13-17-29-19-15-21-31(25-29)33(23-27(3)4)35-34(24-28(5)6)32-22-16-20-30(26-32)18-14-12-10-8-2/h15-16,19-22,25-26,33-34H,3,5,7-14,17-18,23-24H2,1-2,4,6H3. The van der Waals surface area contributed by atoms with E-state index >= 15 is 0 Å². The summed E-state index contributed by atoms with van der Waals surface area (Å²) < 4.78 is 0. The Labute approximate surface area is 221 Å². The van der Waals surface area contributed by atoms with E-state index in [9.17, 15) is 0 Å². The van der Waals surface area contributed by atoms with Crippen molar-refractivity contribution in [1.29, 1.82) is 0 Å². The van der Waals surface area contributed by atoms with Crippen LogP contribution in [0, 0.1) is 0 Å². The lowest BCUT2D eigenvalue weighted by atomic mass is 10.00. The van der Waals surface area contributed by atoms with E-state index in [-0.39, 0.29) is 0 Å². The maximum absolute atomic E-state index is 4.29. The van der Waals surface area contributed by atoms with E-state index in [1.54, 1.807) is 0 Å². The molecule has 1 heteroatoms. The van der Waals surface area contributed by atoms with Crippen molar-refractivity contribution in [3.8, 4) is 0 Å². The topological polar surface area (TPSA) is 0 Å². The lowest BCUT2D eigenvalue weighted by molar-refractivity contribution is 0.666. The van der Waals surface area contributed by atoms with Crippen LogP contribution in [0.15, 0.2) is 72.8 Å². The largest absolute Gasteiger partial charge is 0.145 e. The molecule has 2 aromatic rings. The summed E-state index contributed by atoms with van der Waals surface area (Å²) in [6, 6.07) is 18.7. The third kappa shape index (κ3) is 11.7. The number of hydrogen-bond donors (Lipinski definition) is 0. The van der Waals surface area contributed by atoms with Crippen molar-refractivity contribution in [2.75, 3.05) is 0 Å². The normalized spacial score (nSPS) is 12.9. The molecule has 2 unspecified atom stereocenters. The minimum absolute atomic E-state index is 0.417. The molecule has 0 aromatic heterocycles. The summed E-state index contributed by atoms with van der Waals surface area (Å²) >= 11 is 2.11. The van der Waals surface area contributed by atoms with Gasteiger partial charge in [-0.05, 0) is 74.6 Å². The molecule has 192 valence electrons. The van der Waals surface area contributed by atoms with Gasteiger partial charge < -0.3 is 0 Å². The minimum Gasteiger partial charge on any atom is -0.145 e. The third-order valence-corrected chi connectivity index (χ3v) is 8.21. The van der Waals surface area contributed by atoms with Gasteiger partial charge in [-0.1, -0.05) is 112 Å². The summed E-state index contributed by atoms with van der Waals surface area (Å²) in [4.78, 5) is 0.